The summed E-state index contributed by atoms with van der Waals surface area (Å²) in [4.78, 5) is 0.372. The fraction of sp³-hybridized carbons (Fsp3) is 0.600. The Balaban J connectivity index is 2.63. The van der Waals surface area contributed by atoms with E-state index in [0.717, 1.165) is 37.2 Å². The van der Waals surface area contributed by atoms with Gasteiger partial charge < -0.3 is 5.32 Å². The van der Waals surface area contributed by atoms with E-state index in [1.165, 1.54) is 4.31 Å². The van der Waals surface area contributed by atoms with Crippen LogP contribution in [-0.2, 0) is 16.4 Å². The first-order valence-electron chi connectivity index (χ1n) is 7.27. The molecule has 21 heavy (non-hydrogen) atoms. The molecule has 0 unspecified atom stereocenters. The highest BCUT2D eigenvalue weighted by Crippen LogP contribution is 2.15. The molecule has 0 radical (unpaired) electrons. The van der Waals surface area contributed by atoms with Crippen molar-refractivity contribution in [2.24, 2.45) is 0 Å². The molecule has 0 saturated carbocycles. The van der Waals surface area contributed by atoms with Crippen molar-refractivity contribution in [3.05, 3.63) is 29.8 Å². The lowest BCUT2D eigenvalue weighted by atomic mass is 10.1. The van der Waals surface area contributed by atoms with Crippen LogP contribution in [0, 0.1) is 0 Å². The topological polar surface area (TPSA) is 49.4 Å². The van der Waals surface area contributed by atoms with Crippen molar-refractivity contribution in [2.45, 2.75) is 24.7 Å². The monoisotopic (exact) mass is 330 g/mol. The minimum atomic E-state index is -3.35. The van der Waals surface area contributed by atoms with Gasteiger partial charge in [0.05, 0.1) is 4.90 Å². The van der Waals surface area contributed by atoms with Crippen molar-refractivity contribution < 1.29 is 8.42 Å². The summed E-state index contributed by atoms with van der Waals surface area (Å²) in [7, 11) is -1.72. The molecule has 0 fully saturated rings. The largest absolute Gasteiger partial charge is 0.316 e. The predicted molar refractivity (Wildman–Crippen MR) is 91.5 cm³/mol. The van der Waals surface area contributed by atoms with Gasteiger partial charge in [-0.05, 0) is 49.9 Å². The molecule has 0 aliphatic heterocycles. The molecular weight excluding hydrogens is 304 g/mol. The second-order valence-corrected chi connectivity index (χ2v) is 7.99. The van der Waals surface area contributed by atoms with Crippen molar-refractivity contribution >= 4 is 21.8 Å². The van der Waals surface area contributed by atoms with Crippen LogP contribution in [-0.4, -0.2) is 51.4 Å². The second kappa shape index (κ2) is 9.46. The Kier molecular flexibility index (Phi) is 8.33. The van der Waals surface area contributed by atoms with Crippen LogP contribution in [0.4, 0.5) is 0 Å². The lowest BCUT2D eigenvalue weighted by molar-refractivity contribution is 0.488. The number of thioether (sulfide) groups is 1. The average molecular weight is 331 g/mol. The molecule has 6 heteroatoms. The average Bonchev–Trinajstić information content (AvgIpc) is 2.49. The zero-order valence-electron chi connectivity index (χ0n) is 13.1. The zero-order chi connectivity index (χ0) is 15.7. The molecule has 0 atom stereocenters. The lowest BCUT2D eigenvalue weighted by Gasteiger charge is -2.16. The molecule has 1 aromatic carbocycles. The molecule has 0 heterocycles. The van der Waals surface area contributed by atoms with E-state index in [1.54, 1.807) is 30.9 Å². The maximum atomic E-state index is 12.4. The van der Waals surface area contributed by atoms with Gasteiger partial charge in [0.15, 0.2) is 0 Å². The number of sulfonamides is 1. The fourth-order valence-electron chi connectivity index (χ4n) is 1.88. The van der Waals surface area contributed by atoms with E-state index in [0.29, 0.717) is 11.4 Å². The first-order valence-corrected chi connectivity index (χ1v) is 10.1. The van der Waals surface area contributed by atoms with Crippen LogP contribution in [0.5, 0.6) is 0 Å². The Morgan fingerprint density at radius 1 is 1.19 bits per heavy atom. The van der Waals surface area contributed by atoms with E-state index < -0.39 is 10.0 Å². The zero-order valence-corrected chi connectivity index (χ0v) is 14.8. The van der Waals surface area contributed by atoms with Crippen LogP contribution in [0.1, 0.15) is 18.9 Å². The lowest BCUT2D eigenvalue weighted by Crippen LogP contribution is -2.29. The molecule has 0 spiro atoms. The van der Waals surface area contributed by atoms with E-state index in [2.05, 4.69) is 12.2 Å². The molecule has 1 rings (SSSR count). The summed E-state index contributed by atoms with van der Waals surface area (Å²) < 4.78 is 26.1. The van der Waals surface area contributed by atoms with Gasteiger partial charge in [0.1, 0.15) is 0 Å². The molecular formula is C15H26N2O2S2. The Bertz CT molecular complexity index is 501. The number of nitrogens with one attached hydrogen (secondary N) is 1. The van der Waals surface area contributed by atoms with Gasteiger partial charge in [0, 0.05) is 19.3 Å². The third-order valence-electron chi connectivity index (χ3n) is 3.26. The Hall–Kier alpha value is -0.560. The van der Waals surface area contributed by atoms with Crippen molar-refractivity contribution in [1.82, 2.24) is 9.62 Å². The third-order valence-corrected chi connectivity index (χ3v) is 5.72. The molecule has 0 aromatic heterocycles. The summed E-state index contributed by atoms with van der Waals surface area (Å²) >= 11 is 1.64. The number of hydrogen-bond donors (Lipinski definition) is 1. The third kappa shape index (κ3) is 5.98. The predicted octanol–water partition coefficient (Wildman–Crippen LogP) is 2.21. The second-order valence-electron chi connectivity index (χ2n) is 4.96. The van der Waals surface area contributed by atoms with Gasteiger partial charge in [-0.1, -0.05) is 19.1 Å². The first-order chi connectivity index (χ1) is 10.0. The molecule has 0 saturated heterocycles. The van der Waals surface area contributed by atoms with E-state index in [4.69, 9.17) is 0 Å². The minimum absolute atomic E-state index is 0.372. The summed E-state index contributed by atoms with van der Waals surface area (Å²) in [5.41, 5.74) is 1.16. The highest BCUT2D eigenvalue weighted by molar-refractivity contribution is 7.98. The van der Waals surface area contributed by atoms with Gasteiger partial charge in [-0.2, -0.15) is 11.8 Å². The SMILES string of the molecule is CCCNCCc1ccc(S(=O)(=O)N(C)CCSC)cc1. The van der Waals surface area contributed by atoms with Gasteiger partial charge in [-0.25, -0.2) is 12.7 Å². The molecule has 1 aromatic rings. The van der Waals surface area contributed by atoms with E-state index in [1.807, 2.05) is 18.4 Å². The first kappa shape index (κ1) is 18.5. The van der Waals surface area contributed by atoms with E-state index >= 15 is 0 Å². The standard InChI is InChI=1S/C15H26N2O2S2/c1-4-10-16-11-9-14-5-7-15(8-6-14)21(18,19)17(2)12-13-20-3/h5-8,16H,4,9-13H2,1-3H3. The van der Waals surface area contributed by atoms with Crippen molar-refractivity contribution in [1.29, 1.82) is 0 Å². The highest BCUT2D eigenvalue weighted by atomic mass is 32.2. The molecule has 0 bridgehead atoms. The van der Waals surface area contributed by atoms with Crippen LogP contribution in [0.15, 0.2) is 29.2 Å². The Labute approximate surface area is 133 Å². The van der Waals surface area contributed by atoms with Crippen molar-refractivity contribution in [2.75, 3.05) is 38.7 Å². The van der Waals surface area contributed by atoms with Crippen molar-refractivity contribution in [3.8, 4) is 0 Å². The molecule has 4 nitrogen and oxygen atoms in total. The molecule has 0 amide bonds. The van der Waals surface area contributed by atoms with E-state index in [9.17, 15) is 8.42 Å². The minimum Gasteiger partial charge on any atom is -0.316 e. The Morgan fingerprint density at radius 2 is 1.86 bits per heavy atom. The molecule has 0 aliphatic rings. The van der Waals surface area contributed by atoms with Crippen LogP contribution >= 0.6 is 11.8 Å². The van der Waals surface area contributed by atoms with E-state index in [-0.39, 0.29) is 0 Å². The van der Waals surface area contributed by atoms with Crippen LogP contribution in [0.25, 0.3) is 0 Å². The van der Waals surface area contributed by atoms with Gasteiger partial charge in [0.2, 0.25) is 10.0 Å². The number of hydrogen-bond acceptors (Lipinski definition) is 4. The summed E-state index contributed by atoms with van der Waals surface area (Å²) in [6, 6.07) is 7.23. The van der Waals surface area contributed by atoms with Crippen LogP contribution in [0.3, 0.4) is 0 Å². The van der Waals surface area contributed by atoms with Gasteiger partial charge in [-0.15, -0.1) is 0 Å². The normalized spacial score (nSPS) is 12.0. The smallest absolute Gasteiger partial charge is 0.242 e. The molecule has 0 aliphatic carbocycles. The van der Waals surface area contributed by atoms with Gasteiger partial charge in [0.25, 0.3) is 0 Å². The number of rotatable bonds is 10. The summed E-state index contributed by atoms with van der Waals surface area (Å²) in [6.07, 6.45) is 4.02. The van der Waals surface area contributed by atoms with Gasteiger partial charge in [-0.3, -0.25) is 0 Å². The number of benzene rings is 1. The molecule has 1 N–H and O–H groups in total. The maximum absolute atomic E-state index is 12.4. The van der Waals surface area contributed by atoms with Gasteiger partial charge >= 0.3 is 0 Å². The summed E-state index contributed by atoms with van der Waals surface area (Å²) in [5, 5.41) is 3.34. The summed E-state index contributed by atoms with van der Waals surface area (Å²) in [6.45, 7) is 4.62. The highest BCUT2D eigenvalue weighted by Gasteiger charge is 2.19. The Morgan fingerprint density at radius 3 is 2.43 bits per heavy atom. The number of nitrogens with zero attached hydrogens (tertiary/aromatic N) is 1. The molecule has 120 valence electrons. The van der Waals surface area contributed by atoms with Crippen LogP contribution in [0.2, 0.25) is 0 Å². The maximum Gasteiger partial charge on any atom is 0.242 e. The van der Waals surface area contributed by atoms with Crippen molar-refractivity contribution in [3.63, 3.8) is 0 Å². The summed E-state index contributed by atoms with van der Waals surface area (Å²) in [5.74, 6) is 0.802. The fourth-order valence-corrected chi connectivity index (χ4v) is 3.63. The quantitative estimate of drug-likeness (QED) is 0.668. The van der Waals surface area contributed by atoms with Crippen LogP contribution < -0.4 is 5.32 Å².